The van der Waals surface area contributed by atoms with Crippen LogP contribution in [-0.4, -0.2) is 11.7 Å². The molecule has 4 heteroatoms. The lowest BCUT2D eigenvalue weighted by Gasteiger charge is -2.14. The third-order valence-corrected chi connectivity index (χ3v) is 2.55. The molecule has 0 aliphatic heterocycles. The summed E-state index contributed by atoms with van der Waals surface area (Å²) in [5.74, 6) is 0.276. The van der Waals surface area contributed by atoms with E-state index in [1.54, 1.807) is 36.4 Å². The number of rotatable bonds is 4. The normalized spacial score (nSPS) is 12.1. The van der Waals surface area contributed by atoms with Crippen LogP contribution in [0, 0.1) is 5.82 Å². The summed E-state index contributed by atoms with van der Waals surface area (Å²) in [5, 5.41) is 9.27. The van der Waals surface area contributed by atoms with Crippen molar-refractivity contribution in [1.82, 2.24) is 0 Å². The van der Waals surface area contributed by atoms with E-state index < -0.39 is 6.04 Å². The quantitative estimate of drug-likeness (QED) is 0.873. The molecular weight excluding hydrogens is 233 g/mol. The fraction of sp³-hybridized carbons (Fsp3) is 0.143. The Morgan fingerprint density at radius 2 is 1.94 bits per heavy atom. The lowest BCUT2D eigenvalue weighted by Crippen LogP contribution is -2.20. The van der Waals surface area contributed by atoms with Gasteiger partial charge in [-0.25, -0.2) is 4.39 Å². The Balaban J connectivity index is 2.00. The summed E-state index contributed by atoms with van der Waals surface area (Å²) in [4.78, 5) is 0. The Bertz CT molecular complexity index is 531. The van der Waals surface area contributed by atoms with Crippen LogP contribution >= 0.6 is 0 Å². The zero-order valence-corrected chi connectivity index (χ0v) is 9.71. The van der Waals surface area contributed by atoms with E-state index in [0.717, 1.165) is 0 Å². The first-order valence-electron chi connectivity index (χ1n) is 5.58. The van der Waals surface area contributed by atoms with Crippen LogP contribution in [0.1, 0.15) is 11.6 Å². The highest BCUT2D eigenvalue weighted by Gasteiger charge is 2.11. The molecule has 2 aromatic rings. The molecule has 2 rings (SSSR count). The van der Waals surface area contributed by atoms with Gasteiger partial charge in [-0.1, -0.05) is 24.3 Å². The Labute approximate surface area is 105 Å². The fourth-order valence-electron chi connectivity index (χ4n) is 1.62. The third kappa shape index (κ3) is 2.99. The van der Waals surface area contributed by atoms with Gasteiger partial charge in [0.25, 0.3) is 0 Å². The van der Waals surface area contributed by atoms with E-state index in [-0.39, 0.29) is 18.2 Å². The molecule has 0 saturated heterocycles. The largest absolute Gasteiger partial charge is 0.508 e. The monoisotopic (exact) mass is 247 g/mol. The summed E-state index contributed by atoms with van der Waals surface area (Å²) >= 11 is 0. The predicted octanol–water partition coefficient (Wildman–Crippen LogP) is 2.61. The summed E-state index contributed by atoms with van der Waals surface area (Å²) in [6.07, 6.45) is 0. The first-order valence-corrected chi connectivity index (χ1v) is 5.58. The van der Waals surface area contributed by atoms with E-state index in [2.05, 4.69) is 0 Å². The number of phenols is 1. The summed E-state index contributed by atoms with van der Waals surface area (Å²) in [5.41, 5.74) is 6.27. The van der Waals surface area contributed by atoms with Gasteiger partial charge < -0.3 is 15.6 Å². The number of hydrogen-bond acceptors (Lipinski definition) is 3. The van der Waals surface area contributed by atoms with Gasteiger partial charge in [0.05, 0.1) is 6.04 Å². The highest BCUT2D eigenvalue weighted by molar-refractivity contribution is 5.32. The molecule has 2 aromatic carbocycles. The van der Waals surface area contributed by atoms with E-state index in [9.17, 15) is 9.50 Å². The molecule has 0 saturated carbocycles. The topological polar surface area (TPSA) is 55.5 Å². The molecule has 0 aliphatic carbocycles. The van der Waals surface area contributed by atoms with E-state index in [1.165, 1.54) is 12.1 Å². The van der Waals surface area contributed by atoms with Crippen LogP contribution in [0.15, 0.2) is 48.5 Å². The van der Waals surface area contributed by atoms with Gasteiger partial charge in [-0.3, -0.25) is 0 Å². The van der Waals surface area contributed by atoms with E-state index in [0.29, 0.717) is 11.3 Å². The molecule has 0 bridgehead atoms. The van der Waals surface area contributed by atoms with Crippen LogP contribution in [0.2, 0.25) is 0 Å². The predicted molar refractivity (Wildman–Crippen MR) is 66.9 cm³/mol. The minimum Gasteiger partial charge on any atom is -0.508 e. The summed E-state index contributed by atoms with van der Waals surface area (Å²) in [6, 6.07) is 12.2. The smallest absolute Gasteiger partial charge is 0.128 e. The number of phenolic OH excluding ortho intramolecular Hbond substituents is 1. The van der Waals surface area contributed by atoms with Gasteiger partial charge in [0.1, 0.15) is 23.9 Å². The lowest BCUT2D eigenvalue weighted by atomic mass is 10.1. The summed E-state index contributed by atoms with van der Waals surface area (Å²) in [7, 11) is 0. The van der Waals surface area contributed by atoms with Crippen LogP contribution in [0.4, 0.5) is 4.39 Å². The molecule has 0 aliphatic rings. The van der Waals surface area contributed by atoms with Crippen molar-refractivity contribution in [2.24, 2.45) is 5.73 Å². The first-order chi connectivity index (χ1) is 8.66. The highest BCUT2D eigenvalue weighted by Crippen LogP contribution is 2.20. The Kier molecular flexibility index (Phi) is 3.79. The van der Waals surface area contributed by atoms with Gasteiger partial charge in [0, 0.05) is 11.6 Å². The lowest BCUT2D eigenvalue weighted by molar-refractivity contribution is 0.286. The van der Waals surface area contributed by atoms with E-state index >= 15 is 0 Å². The molecule has 3 nitrogen and oxygen atoms in total. The van der Waals surface area contributed by atoms with Crippen LogP contribution in [-0.2, 0) is 0 Å². The van der Waals surface area contributed by atoms with Crippen molar-refractivity contribution >= 4 is 0 Å². The van der Waals surface area contributed by atoms with Crippen molar-refractivity contribution in [2.75, 3.05) is 6.61 Å². The van der Waals surface area contributed by atoms with E-state index in [4.69, 9.17) is 10.5 Å². The number of benzene rings is 2. The maximum Gasteiger partial charge on any atom is 0.128 e. The average molecular weight is 247 g/mol. The Morgan fingerprint density at radius 3 is 2.67 bits per heavy atom. The second-order valence-electron chi connectivity index (χ2n) is 3.94. The van der Waals surface area contributed by atoms with Gasteiger partial charge in [-0.2, -0.15) is 0 Å². The maximum absolute atomic E-state index is 13.5. The number of nitrogens with two attached hydrogens (primary N) is 1. The van der Waals surface area contributed by atoms with Crippen LogP contribution in [0.5, 0.6) is 11.5 Å². The molecule has 3 N–H and O–H groups in total. The van der Waals surface area contributed by atoms with Crippen molar-refractivity contribution in [2.45, 2.75) is 6.04 Å². The minimum absolute atomic E-state index is 0.118. The molecule has 94 valence electrons. The number of aromatic hydroxyl groups is 1. The van der Waals surface area contributed by atoms with Crippen molar-refractivity contribution in [3.05, 3.63) is 59.9 Å². The SMILES string of the molecule is NC(COc1cccc(O)c1)c1ccccc1F. The third-order valence-electron chi connectivity index (χ3n) is 2.55. The maximum atomic E-state index is 13.5. The Hall–Kier alpha value is -2.07. The molecule has 0 amide bonds. The molecule has 0 heterocycles. The van der Waals surface area contributed by atoms with Crippen LogP contribution in [0.3, 0.4) is 0 Å². The summed E-state index contributed by atoms with van der Waals surface area (Å²) < 4.78 is 18.9. The van der Waals surface area contributed by atoms with Gasteiger partial charge in [0.15, 0.2) is 0 Å². The van der Waals surface area contributed by atoms with Gasteiger partial charge in [-0.15, -0.1) is 0 Å². The van der Waals surface area contributed by atoms with Crippen molar-refractivity contribution in [1.29, 1.82) is 0 Å². The van der Waals surface area contributed by atoms with Crippen molar-refractivity contribution < 1.29 is 14.2 Å². The standard InChI is InChI=1S/C14H14FNO2/c15-13-7-2-1-6-12(13)14(16)9-18-11-5-3-4-10(17)8-11/h1-8,14,17H,9,16H2. The van der Waals surface area contributed by atoms with Gasteiger partial charge >= 0.3 is 0 Å². The van der Waals surface area contributed by atoms with Crippen molar-refractivity contribution in [3.8, 4) is 11.5 Å². The molecular formula is C14H14FNO2. The summed E-state index contributed by atoms with van der Waals surface area (Å²) in [6.45, 7) is 0.143. The Morgan fingerprint density at radius 1 is 1.17 bits per heavy atom. The van der Waals surface area contributed by atoms with Crippen LogP contribution < -0.4 is 10.5 Å². The van der Waals surface area contributed by atoms with E-state index in [1.807, 2.05) is 0 Å². The fourth-order valence-corrected chi connectivity index (χ4v) is 1.62. The van der Waals surface area contributed by atoms with Gasteiger partial charge in [0.2, 0.25) is 0 Å². The van der Waals surface area contributed by atoms with Gasteiger partial charge in [-0.05, 0) is 18.2 Å². The highest BCUT2D eigenvalue weighted by atomic mass is 19.1. The molecule has 0 radical (unpaired) electrons. The zero-order valence-electron chi connectivity index (χ0n) is 9.71. The van der Waals surface area contributed by atoms with Crippen LogP contribution in [0.25, 0.3) is 0 Å². The molecule has 0 aromatic heterocycles. The second kappa shape index (κ2) is 5.51. The molecule has 0 spiro atoms. The van der Waals surface area contributed by atoms with Crippen molar-refractivity contribution in [3.63, 3.8) is 0 Å². The average Bonchev–Trinajstić information content (AvgIpc) is 2.37. The second-order valence-corrected chi connectivity index (χ2v) is 3.94. The zero-order chi connectivity index (χ0) is 13.0. The number of ether oxygens (including phenoxy) is 1. The molecule has 1 atom stereocenters. The molecule has 1 unspecified atom stereocenters. The number of hydrogen-bond donors (Lipinski definition) is 2. The molecule has 0 fully saturated rings. The molecule has 18 heavy (non-hydrogen) atoms. The minimum atomic E-state index is -0.548. The number of halogens is 1. The first kappa shape index (κ1) is 12.4.